The summed E-state index contributed by atoms with van der Waals surface area (Å²) in [5, 5.41) is 0. The first-order valence-corrected chi connectivity index (χ1v) is 9.66. The Hall–Kier alpha value is -3.05. The Morgan fingerprint density at radius 2 is 1.61 bits per heavy atom. The van der Waals surface area contributed by atoms with Crippen molar-refractivity contribution in [3.05, 3.63) is 60.8 Å². The number of aromatic nitrogens is 1. The molecule has 1 heterocycles. The number of anilines is 2. The monoisotopic (exact) mass is 418 g/mol. The molecule has 3 aromatic rings. The van der Waals surface area contributed by atoms with Gasteiger partial charge < -0.3 is 15.9 Å². The summed E-state index contributed by atoms with van der Waals surface area (Å²) in [4.78, 5) is 2.06. The van der Waals surface area contributed by atoms with Crippen molar-refractivity contribution in [3.8, 4) is 22.8 Å². The highest BCUT2D eigenvalue weighted by Gasteiger charge is 2.65. The summed E-state index contributed by atoms with van der Waals surface area (Å²) < 4.78 is 69.6. The summed E-state index contributed by atoms with van der Waals surface area (Å²) in [6.07, 6.45) is 1.42. The van der Waals surface area contributed by atoms with Crippen molar-refractivity contribution in [1.29, 1.82) is 0 Å². The van der Waals surface area contributed by atoms with Crippen LogP contribution in [0.3, 0.4) is 0 Å². The van der Waals surface area contributed by atoms with Crippen LogP contribution in [0.25, 0.3) is 11.1 Å². The average Bonchev–Trinajstić information content (AvgIpc) is 2.60. The lowest BCUT2D eigenvalue weighted by atomic mass is 10.1. The molecule has 0 unspecified atom stereocenters. The zero-order chi connectivity index (χ0) is 20.6. The third-order valence-corrected chi connectivity index (χ3v) is 4.94. The molecule has 0 bridgehead atoms. The fourth-order valence-corrected chi connectivity index (χ4v) is 3.08. The molecule has 0 amide bonds. The van der Waals surface area contributed by atoms with Crippen LogP contribution >= 0.6 is 10.2 Å². The SMILES string of the molecule is NNc1ccc(-c2cccnc2Oc2ccc(S(F)(F)(F)(F)F)cc2)cc1N. The molecular weight excluding hydrogens is 403 g/mol. The van der Waals surface area contributed by atoms with E-state index in [4.69, 9.17) is 16.3 Å². The van der Waals surface area contributed by atoms with E-state index >= 15 is 0 Å². The van der Waals surface area contributed by atoms with Crippen molar-refractivity contribution < 1.29 is 24.2 Å². The highest BCUT2D eigenvalue weighted by molar-refractivity contribution is 8.45. The molecule has 0 atom stereocenters. The van der Waals surface area contributed by atoms with Crippen molar-refractivity contribution in [3.63, 3.8) is 0 Å². The molecule has 0 spiro atoms. The number of halogens is 5. The van der Waals surface area contributed by atoms with E-state index in [0.717, 1.165) is 12.1 Å². The lowest BCUT2D eigenvalue weighted by molar-refractivity contribution is 0.363. The van der Waals surface area contributed by atoms with Crippen LogP contribution in [0.15, 0.2) is 65.7 Å². The van der Waals surface area contributed by atoms with Gasteiger partial charge in [0, 0.05) is 11.8 Å². The smallest absolute Gasteiger partial charge is 0.310 e. The van der Waals surface area contributed by atoms with E-state index in [1.165, 1.54) is 6.20 Å². The normalized spacial score (nSPS) is 14.1. The molecule has 0 fully saturated rings. The van der Waals surface area contributed by atoms with E-state index in [1.54, 1.807) is 30.3 Å². The molecular formula is C17H15F5N4OS. The van der Waals surface area contributed by atoms with Crippen LogP contribution in [-0.2, 0) is 0 Å². The van der Waals surface area contributed by atoms with Crippen LogP contribution in [0.4, 0.5) is 30.8 Å². The number of benzene rings is 2. The predicted molar refractivity (Wildman–Crippen MR) is 99.8 cm³/mol. The minimum Gasteiger partial charge on any atom is -0.438 e. The summed E-state index contributed by atoms with van der Waals surface area (Å²) in [6, 6.07) is 10.4. The van der Waals surface area contributed by atoms with Crippen LogP contribution < -0.4 is 21.7 Å². The number of rotatable bonds is 5. The molecule has 0 aliphatic carbocycles. The summed E-state index contributed by atoms with van der Waals surface area (Å²) in [5.74, 6) is 5.32. The first-order chi connectivity index (χ1) is 12.9. The van der Waals surface area contributed by atoms with Crippen molar-refractivity contribution in [2.24, 2.45) is 5.84 Å². The van der Waals surface area contributed by atoms with E-state index in [-0.39, 0.29) is 23.8 Å². The molecule has 0 saturated carbocycles. The average molecular weight is 418 g/mol. The Labute approximate surface area is 156 Å². The molecule has 0 radical (unpaired) electrons. The number of nitrogens with zero attached hydrogens (tertiary/aromatic N) is 1. The predicted octanol–water partition coefficient (Wildman–Crippen LogP) is 6.07. The van der Waals surface area contributed by atoms with Crippen molar-refractivity contribution >= 4 is 21.6 Å². The molecule has 5 N–H and O–H groups in total. The van der Waals surface area contributed by atoms with E-state index in [9.17, 15) is 19.4 Å². The zero-order valence-corrected chi connectivity index (χ0v) is 14.9. The number of pyridine rings is 1. The molecule has 0 saturated heterocycles. The molecule has 11 heteroatoms. The molecule has 2 aromatic carbocycles. The van der Waals surface area contributed by atoms with E-state index in [1.807, 2.05) is 0 Å². The standard InChI is InChI=1S/C17H15F5N4OS/c18-28(19,20,21,22)13-6-4-12(5-7-13)27-17-14(2-1-9-25-17)11-3-8-16(26-24)15(23)10-11/h1-10,26H,23-24H2. The molecule has 5 nitrogen and oxygen atoms in total. The molecule has 150 valence electrons. The first kappa shape index (κ1) is 19.7. The van der Waals surface area contributed by atoms with Gasteiger partial charge in [0.25, 0.3) is 0 Å². The maximum Gasteiger partial charge on any atom is 0.310 e. The maximum atomic E-state index is 12.8. The Morgan fingerprint density at radius 3 is 2.18 bits per heavy atom. The summed E-state index contributed by atoms with van der Waals surface area (Å²) >= 11 is 0. The van der Waals surface area contributed by atoms with Gasteiger partial charge in [-0.3, -0.25) is 5.84 Å². The van der Waals surface area contributed by atoms with Gasteiger partial charge >= 0.3 is 10.2 Å². The van der Waals surface area contributed by atoms with Crippen LogP contribution in [0, 0.1) is 0 Å². The molecule has 0 aliphatic heterocycles. The third-order valence-electron chi connectivity index (χ3n) is 3.77. The third kappa shape index (κ3) is 4.26. The topological polar surface area (TPSA) is 86.2 Å². The second-order valence-corrected chi connectivity index (χ2v) is 8.25. The minimum absolute atomic E-state index is 0.0652. The van der Waals surface area contributed by atoms with Gasteiger partial charge in [-0.05, 0) is 54.1 Å². The van der Waals surface area contributed by atoms with Gasteiger partial charge in [0.2, 0.25) is 5.88 Å². The van der Waals surface area contributed by atoms with Gasteiger partial charge in [-0.2, -0.15) is 0 Å². The van der Waals surface area contributed by atoms with E-state index < -0.39 is 15.1 Å². The molecule has 0 aliphatic rings. The van der Waals surface area contributed by atoms with Crippen LogP contribution in [0.5, 0.6) is 11.6 Å². The summed E-state index contributed by atoms with van der Waals surface area (Å²) in [5.41, 5.74) is 10.3. The van der Waals surface area contributed by atoms with E-state index in [2.05, 4.69) is 10.4 Å². The van der Waals surface area contributed by atoms with Crippen LogP contribution in [0.1, 0.15) is 0 Å². The lowest BCUT2D eigenvalue weighted by Crippen LogP contribution is -2.08. The van der Waals surface area contributed by atoms with Crippen LogP contribution in [-0.4, -0.2) is 4.98 Å². The summed E-state index contributed by atoms with van der Waals surface area (Å²) in [7, 11) is -9.74. The number of hydrogen-bond acceptors (Lipinski definition) is 5. The fourth-order valence-electron chi connectivity index (χ4n) is 2.43. The number of nitrogen functional groups attached to an aromatic ring is 2. The minimum atomic E-state index is -9.74. The Bertz CT molecular complexity index is 1030. The zero-order valence-electron chi connectivity index (χ0n) is 14.1. The Kier molecular flexibility index (Phi) is 4.20. The van der Waals surface area contributed by atoms with E-state index in [0.29, 0.717) is 22.5 Å². The molecule has 1 aromatic heterocycles. The Balaban J connectivity index is 1.94. The lowest BCUT2D eigenvalue weighted by Gasteiger charge is -2.40. The highest BCUT2D eigenvalue weighted by atomic mass is 32.5. The second-order valence-electron chi connectivity index (χ2n) is 5.84. The number of nitrogens with one attached hydrogen (secondary N) is 1. The van der Waals surface area contributed by atoms with Gasteiger partial charge in [0.1, 0.15) is 10.6 Å². The first-order valence-electron chi connectivity index (χ1n) is 7.71. The summed E-state index contributed by atoms with van der Waals surface area (Å²) in [6.45, 7) is 0. The van der Waals surface area contributed by atoms with Gasteiger partial charge in [-0.15, -0.1) is 0 Å². The maximum absolute atomic E-state index is 12.8. The van der Waals surface area contributed by atoms with Crippen molar-refractivity contribution in [2.75, 3.05) is 11.2 Å². The van der Waals surface area contributed by atoms with Crippen molar-refractivity contribution in [1.82, 2.24) is 4.98 Å². The van der Waals surface area contributed by atoms with Gasteiger partial charge in [0.15, 0.2) is 0 Å². The molecule has 3 rings (SSSR count). The largest absolute Gasteiger partial charge is 0.438 e. The number of nitrogens with two attached hydrogens (primary N) is 2. The number of hydrogen-bond donors (Lipinski definition) is 3. The Morgan fingerprint density at radius 1 is 0.929 bits per heavy atom. The molecule has 28 heavy (non-hydrogen) atoms. The quantitative estimate of drug-likeness (QED) is 0.203. The second kappa shape index (κ2) is 5.97. The number of ether oxygens (including phenoxy) is 1. The number of hydrazine groups is 1. The van der Waals surface area contributed by atoms with Crippen molar-refractivity contribution in [2.45, 2.75) is 4.90 Å². The van der Waals surface area contributed by atoms with Gasteiger partial charge in [-0.1, -0.05) is 25.5 Å². The van der Waals surface area contributed by atoms with Gasteiger partial charge in [-0.25, -0.2) is 4.98 Å². The van der Waals surface area contributed by atoms with Crippen LogP contribution in [0.2, 0.25) is 0 Å². The highest BCUT2D eigenvalue weighted by Crippen LogP contribution is 3.02. The van der Waals surface area contributed by atoms with Gasteiger partial charge in [0.05, 0.1) is 11.4 Å². The fraction of sp³-hybridized carbons (Fsp3) is 0.